The van der Waals surface area contributed by atoms with Crippen LogP contribution in [0, 0.1) is 0 Å². The Kier molecular flexibility index (Phi) is 4.14. The maximum Gasteiger partial charge on any atom is 0.250 e. The van der Waals surface area contributed by atoms with E-state index in [2.05, 4.69) is 23.3 Å². The zero-order valence-electron chi connectivity index (χ0n) is 10.5. The molecular weight excluding hydrogens is 236 g/mol. The molecule has 0 bridgehead atoms. The predicted molar refractivity (Wildman–Crippen MR) is 69.2 cm³/mol. The number of benzene rings is 1. The van der Waals surface area contributed by atoms with Gasteiger partial charge in [-0.2, -0.15) is 0 Å². The van der Waals surface area contributed by atoms with Gasteiger partial charge in [-0.25, -0.2) is 8.78 Å². The Morgan fingerprint density at radius 3 is 2.89 bits per heavy atom. The van der Waals surface area contributed by atoms with Gasteiger partial charge < -0.3 is 16.0 Å². The second-order valence-corrected chi connectivity index (χ2v) is 4.65. The van der Waals surface area contributed by atoms with Crippen molar-refractivity contribution in [1.29, 1.82) is 0 Å². The Balaban J connectivity index is 2.12. The minimum atomic E-state index is -2.35. The highest BCUT2D eigenvalue weighted by Crippen LogP contribution is 2.29. The maximum absolute atomic E-state index is 12.2. The molecule has 3 N–H and O–H groups in total. The molecule has 0 aliphatic carbocycles. The first-order valence-corrected chi connectivity index (χ1v) is 6.17. The Labute approximate surface area is 106 Å². The first kappa shape index (κ1) is 13.2. The van der Waals surface area contributed by atoms with Gasteiger partial charge in [-0.3, -0.25) is 0 Å². The van der Waals surface area contributed by atoms with Crippen LogP contribution in [0.4, 0.5) is 14.5 Å². The van der Waals surface area contributed by atoms with E-state index in [0.29, 0.717) is 6.54 Å². The van der Waals surface area contributed by atoms with Crippen LogP contribution in [0.25, 0.3) is 0 Å². The molecule has 18 heavy (non-hydrogen) atoms. The molecule has 0 saturated carbocycles. The van der Waals surface area contributed by atoms with Crippen molar-refractivity contribution in [2.45, 2.75) is 18.9 Å². The fraction of sp³-hybridized carbons (Fsp3) is 0.538. The molecule has 0 radical (unpaired) electrons. The molecule has 1 unspecified atom stereocenters. The second-order valence-electron chi connectivity index (χ2n) is 4.65. The summed E-state index contributed by atoms with van der Waals surface area (Å²) in [5.74, 6) is 0. The fourth-order valence-corrected chi connectivity index (χ4v) is 2.37. The van der Waals surface area contributed by atoms with Gasteiger partial charge >= 0.3 is 0 Å². The normalized spacial score (nSPS) is 16.2. The highest BCUT2D eigenvalue weighted by molar-refractivity contribution is 5.58. The highest BCUT2D eigenvalue weighted by atomic mass is 19.3. The molecule has 0 saturated heterocycles. The van der Waals surface area contributed by atoms with E-state index < -0.39 is 6.43 Å². The minimum absolute atomic E-state index is 0.199. The van der Waals surface area contributed by atoms with Crippen molar-refractivity contribution >= 4 is 5.69 Å². The van der Waals surface area contributed by atoms with Crippen LogP contribution in [-0.4, -0.2) is 33.1 Å². The molecule has 0 fully saturated rings. The fourth-order valence-electron chi connectivity index (χ4n) is 2.37. The van der Waals surface area contributed by atoms with Crippen molar-refractivity contribution in [1.82, 2.24) is 5.32 Å². The quantitative estimate of drug-likeness (QED) is 0.838. The van der Waals surface area contributed by atoms with Gasteiger partial charge in [0.05, 0.1) is 6.54 Å². The van der Waals surface area contributed by atoms with Gasteiger partial charge in [0.2, 0.25) is 0 Å². The topological polar surface area (TPSA) is 41.3 Å². The van der Waals surface area contributed by atoms with Crippen LogP contribution < -0.4 is 16.0 Å². The van der Waals surface area contributed by atoms with Gasteiger partial charge in [0.1, 0.15) is 0 Å². The Morgan fingerprint density at radius 1 is 1.44 bits per heavy atom. The number of alkyl halides is 2. The van der Waals surface area contributed by atoms with Crippen molar-refractivity contribution in [3.8, 4) is 0 Å². The van der Waals surface area contributed by atoms with E-state index in [1.165, 1.54) is 11.3 Å². The zero-order valence-corrected chi connectivity index (χ0v) is 10.5. The van der Waals surface area contributed by atoms with E-state index in [9.17, 15) is 8.78 Å². The summed E-state index contributed by atoms with van der Waals surface area (Å²) in [6, 6.07) is 5.89. The molecule has 3 nitrogen and oxygen atoms in total. The summed E-state index contributed by atoms with van der Waals surface area (Å²) >= 11 is 0. The Morgan fingerprint density at radius 2 is 2.22 bits per heavy atom. The molecule has 1 aliphatic heterocycles. The average molecular weight is 255 g/mol. The lowest BCUT2D eigenvalue weighted by Gasteiger charge is -2.19. The summed E-state index contributed by atoms with van der Waals surface area (Å²) in [7, 11) is 2.06. The van der Waals surface area contributed by atoms with Gasteiger partial charge in [-0.05, 0) is 23.6 Å². The molecule has 1 atom stereocenters. The number of hydrogen-bond donors (Lipinski definition) is 2. The number of fused-ring (bicyclic) bond motifs is 1. The monoisotopic (exact) mass is 255 g/mol. The maximum atomic E-state index is 12.2. The molecule has 0 amide bonds. The molecule has 5 heteroatoms. The third-order valence-electron chi connectivity index (χ3n) is 3.39. The smallest absolute Gasteiger partial charge is 0.250 e. The van der Waals surface area contributed by atoms with Crippen LogP contribution in [0.1, 0.15) is 17.2 Å². The van der Waals surface area contributed by atoms with E-state index >= 15 is 0 Å². The second kappa shape index (κ2) is 5.63. The van der Waals surface area contributed by atoms with Crippen molar-refractivity contribution in [3.05, 3.63) is 29.3 Å². The van der Waals surface area contributed by atoms with Gasteiger partial charge in [0.25, 0.3) is 6.43 Å². The SMILES string of the molecule is CN1CCc2cc(C(CN)NCC(F)F)ccc21. The van der Waals surface area contributed by atoms with Crippen molar-refractivity contribution < 1.29 is 8.78 Å². The third kappa shape index (κ3) is 2.79. The van der Waals surface area contributed by atoms with Crippen LogP contribution >= 0.6 is 0 Å². The molecule has 1 heterocycles. The number of nitrogens with two attached hydrogens (primary N) is 1. The first-order valence-electron chi connectivity index (χ1n) is 6.17. The van der Waals surface area contributed by atoms with Crippen molar-refractivity contribution in [3.63, 3.8) is 0 Å². The lowest BCUT2D eigenvalue weighted by Crippen LogP contribution is -2.31. The number of anilines is 1. The lowest BCUT2D eigenvalue weighted by molar-refractivity contribution is 0.141. The minimum Gasteiger partial charge on any atom is -0.374 e. The summed E-state index contributed by atoms with van der Waals surface area (Å²) in [5, 5.41) is 2.80. The van der Waals surface area contributed by atoms with Crippen LogP contribution in [0.3, 0.4) is 0 Å². The predicted octanol–water partition coefficient (Wildman–Crippen LogP) is 1.53. The molecule has 1 aliphatic rings. The van der Waals surface area contributed by atoms with Crippen LogP contribution in [-0.2, 0) is 6.42 Å². The first-order chi connectivity index (χ1) is 8.61. The van der Waals surface area contributed by atoms with Gasteiger partial charge in [-0.1, -0.05) is 12.1 Å². The lowest BCUT2D eigenvalue weighted by atomic mass is 10.0. The zero-order chi connectivity index (χ0) is 13.1. The summed E-state index contributed by atoms with van der Waals surface area (Å²) in [6.07, 6.45) is -1.34. The third-order valence-corrected chi connectivity index (χ3v) is 3.39. The Hall–Kier alpha value is -1.20. The van der Waals surface area contributed by atoms with Crippen LogP contribution in [0.15, 0.2) is 18.2 Å². The number of likely N-dealkylation sites (N-methyl/N-ethyl adjacent to an activating group) is 1. The van der Waals surface area contributed by atoms with Crippen molar-refractivity contribution in [2.75, 3.05) is 31.6 Å². The summed E-state index contributed by atoms with van der Waals surface area (Å²) in [4.78, 5) is 2.20. The largest absolute Gasteiger partial charge is 0.374 e. The van der Waals surface area contributed by atoms with Crippen LogP contribution in [0.2, 0.25) is 0 Å². The summed E-state index contributed by atoms with van der Waals surface area (Å²) < 4.78 is 24.4. The van der Waals surface area contributed by atoms with E-state index in [0.717, 1.165) is 18.5 Å². The highest BCUT2D eigenvalue weighted by Gasteiger charge is 2.18. The molecule has 1 aromatic rings. The van der Waals surface area contributed by atoms with E-state index in [4.69, 9.17) is 5.73 Å². The summed E-state index contributed by atoms with van der Waals surface area (Å²) in [6.45, 7) is 1.01. The van der Waals surface area contributed by atoms with Crippen molar-refractivity contribution in [2.24, 2.45) is 5.73 Å². The standard InChI is InChI=1S/C13H19F2N3/c1-18-5-4-10-6-9(2-3-12(10)18)11(7-16)17-8-13(14)15/h2-3,6,11,13,17H,4-5,7-8,16H2,1H3. The molecule has 0 spiro atoms. The number of nitrogens with one attached hydrogen (secondary N) is 1. The average Bonchev–Trinajstić information content (AvgIpc) is 2.71. The van der Waals surface area contributed by atoms with E-state index in [1.807, 2.05) is 12.1 Å². The number of halogens is 2. The molecule has 0 aromatic heterocycles. The van der Waals surface area contributed by atoms with E-state index in [-0.39, 0.29) is 12.6 Å². The van der Waals surface area contributed by atoms with Gasteiger partial charge in [0.15, 0.2) is 0 Å². The van der Waals surface area contributed by atoms with Crippen LogP contribution in [0.5, 0.6) is 0 Å². The number of hydrogen-bond acceptors (Lipinski definition) is 3. The molecular formula is C13H19F2N3. The van der Waals surface area contributed by atoms with Gasteiger partial charge in [-0.15, -0.1) is 0 Å². The molecule has 100 valence electrons. The summed E-state index contributed by atoms with van der Waals surface area (Å²) in [5.41, 5.74) is 9.13. The molecule has 1 aromatic carbocycles. The van der Waals surface area contributed by atoms with E-state index in [1.54, 1.807) is 0 Å². The number of rotatable bonds is 5. The van der Waals surface area contributed by atoms with Gasteiger partial charge in [0, 0.05) is 31.9 Å². The Bertz CT molecular complexity index is 409. The molecule has 2 rings (SSSR count). The number of nitrogens with zero attached hydrogens (tertiary/aromatic N) is 1.